The van der Waals surface area contributed by atoms with E-state index in [9.17, 15) is 13.5 Å². The van der Waals surface area contributed by atoms with Crippen LogP contribution in [0.2, 0.25) is 10.0 Å². The van der Waals surface area contributed by atoms with Crippen molar-refractivity contribution in [2.24, 2.45) is 0 Å². The summed E-state index contributed by atoms with van der Waals surface area (Å²) in [5.74, 6) is 0. The van der Waals surface area contributed by atoms with E-state index in [1.807, 2.05) is 0 Å². The van der Waals surface area contributed by atoms with Crippen LogP contribution in [0.5, 0.6) is 0 Å². The largest absolute Gasteiger partial charge is 0.392 e. The smallest absolute Gasteiger partial charge is 0.244 e. The number of ether oxygens (including phenoxy) is 1. The number of methoxy groups -OCH3 is 1. The number of halogens is 2. The fourth-order valence-electron chi connectivity index (χ4n) is 1.67. The number of likely N-dealkylation sites (N-methyl/N-ethyl adjacent to an activating group) is 1. The molecule has 20 heavy (non-hydrogen) atoms. The molecule has 0 radical (unpaired) electrons. The third-order valence-electron chi connectivity index (χ3n) is 2.79. The summed E-state index contributed by atoms with van der Waals surface area (Å²) in [4.78, 5) is -0.0643. The first-order valence-electron chi connectivity index (χ1n) is 5.96. The number of hydrogen-bond acceptors (Lipinski definition) is 4. The number of aliphatic hydroxyl groups excluding tert-OH is 1. The van der Waals surface area contributed by atoms with Crippen molar-refractivity contribution >= 4 is 33.2 Å². The topological polar surface area (TPSA) is 66.8 Å². The van der Waals surface area contributed by atoms with Crippen molar-refractivity contribution in [3.8, 4) is 0 Å². The summed E-state index contributed by atoms with van der Waals surface area (Å²) in [5, 5.41) is 9.44. The molecule has 1 aromatic rings. The van der Waals surface area contributed by atoms with E-state index in [-0.39, 0.29) is 34.7 Å². The predicted molar refractivity (Wildman–Crippen MR) is 78.7 cm³/mol. The van der Waals surface area contributed by atoms with Gasteiger partial charge < -0.3 is 9.84 Å². The zero-order valence-electron chi connectivity index (χ0n) is 11.3. The Hall–Kier alpha value is -0.370. The van der Waals surface area contributed by atoms with Gasteiger partial charge in [-0.1, -0.05) is 30.1 Å². The van der Waals surface area contributed by atoms with Gasteiger partial charge in [-0.05, 0) is 17.7 Å². The average Bonchev–Trinajstić information content (AvgIpc) is 2.39. The second kappa shape index (κ2) is 7.59. The molecule has 1 aromatic carbocycles. The Labute approximate surface area is 129 Å². The molecule has 0 unspecified atom stereocenters. The van der Waals surface area contributed by atoms with E-state index < -0.39 is 10.0 Å². The van der Waals surface area contributed by atoms with Gasteiger partial charge in [0.1, 0.15) is 4.90 Å². The SMILES string of the molecule is CCN(CCOC)S(=O)(=O)c1cc(CO)c(Cl)cc1Cl. The molecule has 0 aliphatic rings. The van der Waals surface area contributed by atoms with E-state index in [1.54, 1.807) is 6.92 Å². The van der Waals surface area contributed by atoms with E-state index in [0.29, 0.717) is 12.1 Å². The second-order valence-corrected chi connectivity index (χ2v) is 6.74. The van der Waals surface area contributed by atoms with Crippen LogP contribution in [-0.2, 0) is 21.4 Å². The summed E-state index contributed by atoms with van der Waals surface area (Å²) in [7, 11) is -2.25. The molecule has 1 rings (SSSR count). The van der Waals surface area contributed by atoms with E-state index in [0.717, 1.165) is 0 Å². The van der Waals surface area contributed by atoms with Crippen LogP contribution in [0.4, 0.5) is 0 Å². The quantitative estimate of drug-likeness (QED) is 0.824. The van der Waals surface area contributed by atoms with Crippen molar-refractivity contribution in [3.05, 3.63) is 27.7 Å². The lowest BCUT2D eigenvalue weighted by Gasteiger charge is -2.21. The maximum absolute atomic E-state index is 12.5. The van der Waals surface area contributed by atoms with Gasteiger partial charge in [0, 0.05) is 25.2 Å². The number of rotatable bonds is 7. The van der Waals surface area contributed by atoms with Crippen LogP contribution in [0.1, 0.15) is 12.5 Å². The Balaban J connectivity index is 3.26. The zero-order chi connectivity index (χ0) is 15.3. The molecule has 0 aliphatic heterocycles. The summed E-state index contributed by atoms with van der Waals surface area (Å²) in [6.07, 6.45) is 0. The molecule has 5 nitrogen and oxygen atoms in total. The maximum atomic E-state index is 12.5. The monoisotopic (exact) mass is 341 g/mol. The molecular formula is C12H17Cl2NO4S. The minimum absolute atomic E-state index is 0.0306. The lowest BCUT2D eigenvalue weighted by molar-refractivity contribution is 0.180. The molecule has 0 bridgehead atoms. The predicted octanol–water partition coefficient (Wildman–Crippen LogP) is 2.14. The van der Waals surface area contributed by atoms with Gasteiger partial charge in [-0.15, -0.1) is 0 Å². The van der Waals surface area contributed by atoms with Gasteiger partial charge in [0.15, 0.2) is 0 Å². The number of sulfonamides is 1. The van der Waals surface area contributed by atoms with Crippen molar-refractivity contribution in [2.75, 3.05) is 26.8 Å². The van der Waals surface area contributed by atoms with Crippen LogP contribution in [0.25, 0.3) is 0 Å². The molecule has 0 atom stereocenters. The third kappa shape index (κ3) is 3.84. The van der Waals surface area contributed by atoms with Crippen LogP contribution in [-0.4, -0.2) is 44.6 Å². The molecule has 0 aliphatic carbocycles. The molecular weight excluding hydrogens is 325 g/mol. The van der Waals surface area contributed by atoms with Crippen LogP contribution in [0.3, 0.4) is 0 Å². The Bertz CT molecular complexity index is 563. The molecule has 0 fully saturated rings. The molecule has 8 heteroatoms. The number of nitrogens with zero attached hydrogens (tertiary/aromatic N) is 1. The molecule has 1 N–H and O–H groups in total. The first kappa shape index (κ1) is 17.7. The molecule has 0 saturated heterocycles. The number of aliphatic hydroxyl groups is 1. The van der Waals surface area contributed by atoms with Gasteiger partial charge in [-0.25, -0.2) is 8.42 Å². The highest BCUT2D eigenvalue weighted by Crippen LogP contribution is 2.30. The van der Waals surface area contributed by atoms with Crippen molar-refractivity contribution in [1.82, 2.24) is 4.31 Å². The lowest BCUT2D eigenvalue weighted by Crippen LogP contribution is -2.34. The minimum atomic E-state index is -3.75. The highest BCUT2D eigenvalue weighted by atomic mass is 35.5. The lowest BCUT2D eigenvalue weighted by atomic mass is 10.2. The summed E-state index contributed by atoms with van der Waals surface area (Å²) in [6.45, 7) is 2.17. The van der Waals surface area contributed by atoms with Crippen LogP contribution >= 0.6 is 23.2 Å². The first-order chi connectivity index (χ1) is 9.38. The summed E-state index contributed by atoms with van der Waals surface area (Å²) in [5.41, 5.74) is 0.317. The van der Waals surface area contributed by atoms with Crippen molar-refractivity contribution in [2.45, 2.75) is 18.4 Å². The van der Waals surface area contributed by atoms with E-state index in [1.165, 1.54) is 23.5 Å². The Morgan fingerprint density at radius 1 is 1.30 bits per heavy atom. The maximum Gasteiger partial charge on any atom is 0.244 e. The van der Waals surface area contributed by atoms with Gasteiger partial charge >= 0.3 is 0 Å². The highest BCUT2D eigenvalue weighted by molar-refractivity contribution is 7.89. The van der Waals surface area contributed by atoms with Crippen LogP contribution in [0.15, 0.2) is 17.0 Å². The van der Waals surface area contributed by atoms with Crippen molar-refractivity contribution in [3.63, 3.8) is 0 Å². The molecule has 0 saturated carbocycles. The zero-order valence-corrected chi connectivity index (χ0v) is 13.6. The Kier molecular flexibility index (Phi) is 6.71. The van der Waals surface area contributed by atoms with Crippen molar-refractivity contribution < 1.29 is 18.3 Å². The summed E-state index contributed by atoms with van der Waals surface area (Å²) >= 11 is 11.9. The van der Waals surface area contributed by atoms with Crippen LogP contribution in [0, 0.1) is 0 Å². The summed E-state index contributed by atoms with van der Waals surface area (Å²) in [6, 6.07) is 2.63. The molecule has 0 aromatic heterocycles. The summed E-state index contributed by atoms with van der Waals surface area (Å²) < 4.78 is 31.2. The molecule has 0 spiro atoms. The fraction of sp³-hybridized carbons (Fsp3) is 0.500. The average molecular weight is 342 g/mol. The number of benzene rings is 1. The van der Waals surface area contributed by atoms with Gasteiger partial charge in [0.2, 0.25) is 10.0 Å². The van der Waals surface area contributed by atoms with Crippen LogP contribution < -0.4 is 0 Å². The van der Waals surface area contributed by atoms with Gasteiger partial charge in [-0.2, -0.15) is 4.31 Å². The van der Waals surface area contributed by atoms with E-state index in [4.69, 9.17) is 27.9 Å². The minimum Gasteiger partial charge on any atom is -0.392 e. The van der Waals surface area contributed by atoms with Gasteiger partial charge in [0.25, 0.3) is 0 Å². The second-order valence-electron chi connectivity index (χ2n) is 4.02. The highest BCUT2D eigenvalue weighted by Gasteiger charge is 2.26. The van der Waals surface area contributed by atoms with E-state index in [2.05, 4.69) is 0 Å². The molecule has 0 amide bonds. The van der Waals surface area contributed by atoms with Gasteiger partial charge in [-0.3, -0.25) is 0 Å². The first-order valence-corrected chi connectivity index (χ1v) is 8.15. The van der Waals surface area contributed by atoms with Crippen molar-refractivity contribution in [1.29, 1.82) is 0 Å². The molecule has 0 heterocycles. The Morgan fingerprint density at radius 2 is 1.95 bits per heavy atom. The molecule has 114 valence electrons. The van der Waals surface area contributed by atoms with Gasteiger partial charge in [0.05, 0.1) is 18.2 Å². The normalized spacial score (nSPS) is 12.1. The Morgan fingerprint density at radius 3 is 2.45 bits per heavy atom. The van der Waals surface area contributed by atoms with E-state index >= 15 is 0 Å². The standard InChI is InChI=1S/C12H17Cl2NO4S/c1-3-15(4-5-19-2)20(17,18)12-6-9(8-16)10(13)7-11(12)14/h6-7,16H,3-5,8H2,1-2H3. The number of hydrogen-bond donors (Lipinski definition) is 1. The third-order valence-corrected chi connectivity index (χ3v) is 5.58. The fourth-order valence-corrected chi connectivity index (χ4v) is 3.94.